The molecular weight excluding hydrogens is 442 g/mol. The van der Waals surface area contributed by atoms with Crippen molar-refractivity contribution in [1.82, 2.24) is 0 Å². The average Bonchev–Trinajstić information content (AvgIpc) is 2.65. The van der Waals surface area contributed by atoms with Crippen LogP contribution in [0.2, 0.25) is 0 Å². The van der Waals surface area contributed by atoms with Crippen molar-refractivity contribution >= 4 is 27.7 Å². The minimum Gasteiger partial charge on any atom is -0.496 e. The molecule has 8 heteroatoms. The summed E-state index contributed by atoms with van der Waals surface area (Å²) in [7, 11) is 4.31. The van der Waals surface area contributed by atoms with E-state index in [1.54, 1.807) is 19.2 Å². The fraction of sp³-hybridized carbons (Fsp3) is 0.429. The number of nitrogens with two attached hydrogens (primary N) is 1. The minimum absolute atomic E-state index is 0.0694. The SMILES string of the molecule is COC(=O)C1=C(N)OC2=C(C(=O)CC(C)(C)C2)C1c1cc(Br)c(OC)cc1OC. The number of allylic oxidation sites excluding steroid dienone is 2. The molecule has 0 amide bonds. The predicted molar refractivity (Wildman–Crippen MR) is 109 cm³/mol. The van der Waals surface area contributed by atoms with E-state index in [4.69, 9.17) is 24.7 Å². The zero-order valence-corrected chi connectivity index (χ0v) is 18.6. The van der Waals surface area contributed by atoms with E-state index in [2.05, 4.69) is 15.9 Å². The van der Waals surface area contributed by atoms with Crippen LogP contribution in [-0.2, 0) is 19.1 Å². The van der Waals surface area contributed by atoms with Gasteiger partial charge in [0.05, 0.1) is 31.7 Å². The molecule has 0 fully saturated rings. The van der Waals surface area contributed by atoms with Gasteiger partial charge in [0.1, 0.15) is 22.8 Å². The molecule has 0 saturated heterocycles. The molecule has 1 atom stereocenters. The van der Waals surface area contributed by atoms with Crippen molar-refractivity contribution in [3.63, 3.8) is 0 Å². The van der Waals surface area contributed by atoms with Crippen molar-refractivity contribution in [2.24, 2.45) is 11.1 Å². The number of carbonyl (C=O) groups excluding carboxylic acids is 2. The van der Waals surface area contributed by atoms with Gasteiger partial charge in [-0.2, -0.15) is 0 Å². The number of Topliss-reactive ketones (excluding diaryl/α,β-unsaturated/α-hetero) is 1. The average molecular weight is 466 g/mol. The van der Waals surface area contributed by atoms with Gasteiger partial charge in [0.15, 0.2) is 5.78 Å². The van der Waals surface area contributed by atoms with E-state index in [-0.39, 0.29) is 22.7 Å². The van der Waals surface area contributed by atoms with Crippen molar-refractivity contribution < 1.29 is 28.5 Å². The van der Waals surface area contributed by atoms with Gasteiger partial charge in [-0.25, -0.2) is 4.79 Å². The fourth-order valence-electron chi connectivity index (χ4n) is 3.91. The first-order valence-electron chi connectivity index (χ1n) is 9.07. The third-order valence-electron chi connectivity index (χ3n) is 5.18. The normalized spacial score (nSPS) is 20.8. The molecular formula is C21H24BrNO6. The molecule has 156 valence electrons. The predicted octanol–water partition coefficient (Wildman–Crippen LogP) is 3.57. The summed E-state index contributed by atoms with van der Waals surface area (Å²) < 4.78 is 22.3. The Kier molecular flexibility index (Phi) is 5.67. The van der Waals surface area contributed by atoms with Crippen LogP contribution in [0.3, 0.4) is 0 Å². The van der Waals surface area contributed by atoms with E-state index in [1.807, 2.05) is 13.8 Å². The fourth-order valence-corrected chi connectivity index (χ4v) is 4.44. The number of ether oxygens (including phenoxy) is 4. The molecule has 3 rings (SSSR count). The molecule has 1 heterocycles. The Morgan fingerprint density at radius 1 is 1.17 bits per heavy atom. The molecule has 1 aromatic carbocycles. The second kappa shape index (κ2) is 7.74. The zero-order valence-electron chi connectivity index (χ0n) is 17.1. The largest absolute Gasteiger partial charge is 0.496 e. The molecule has 0 spiro atoms. The molecule has 7 nitrogen and oxygen atoms in total. The van der Waals surface area contributed by atoms with Gasteiger partial charge in [-0.15, -0.1) is 0 Å². The number of esters is 1. The van der Waals surface area contributed by atoms with E-state index < -0.39 is 11.9 Å². The maximum absolute atomic E-state index is 13.2. The summed E-state index contributed by atoms with van der Waals surface area (Å²) in [4.78, 5) is 25.8. The standard InChI is InChI=1S/C21H24BrNO6/c1-21(2)8-12(24)17-15(9-21)29-19(23)18(20(25)28-5)16(17)10-6-11(22)14(27-4)7-13(10)26-3/h6-7,16H,8-9,23H2,1-5H3. The van der Waals surface area contributed by atoms with E-state index >= 15 is 0 Å². The lowest BCUT2D eigenvalue weighted by atomic mass is 9.70. The van der Waals surface area contributed by atoms with Crippen molar-refractivity contribution in [2.75, 3.05) is 21.3 Å². The second-order valence-electron chi connectivity index (χ2n) is 7.81. The van der Waals surface area contributed by atoms with Gasteiger partial charge in [0.25, 0.3) is 0 Å². The summed E-state index contributed by atoms with van der Waals surface area (Å²) in [6.07, 6.45) is 0.860. The lowest BCUT2D eigenvalue weighted by molar-refractivity contribution is -0.136. The summed E-state index contributed by atoms with van der Waals surface area (Å²) in [6.45, 7) is 3.99. The molecule has 2 aliphatic rings. The van der Waals surface area contributed by atoms with Gasteiger partial charge < -0.3 is 24.7 Å². The third-order valence-corrected chi connectivity index (χ3v) is 5.80. The van der Waals surface area contributed by atoms with Gasteiger partial charge in [-0.1, -0.05) is 13.8 Å². The number of methoxy groups -OCH3 is 3. The number of rotatable bonds is 4. The molecule has 0 radical (unpaired) electrons. The highest BCUT2D eigenvalue weighted by molar-refractivity contribution is 9.10. The monoisotopic (exact) mass is 465 g/mol. The van der Waals surface area contributed by atoms with Crippen LogP contribution in [0, 0.1) is 5.41 Å². The Morgan fingerprint density at radius 2 is 1.83 bits per heavy atom. The van der Waals surface area contributed by atoms with Gasteiger partial charge in [0.2, 0.25) is 5.88 Å². The molecule has 1 unspecified atom stereocenters. The van der Waals surface area contributed by atoms with Crippen LogP contribution in [0.25, 0.3) is 0 Å². The lowest BCUT2D eigenvalue weighted by Crippen LogP contribution is -2.35. The quantitative estimate of drug-likeness (QED) is 0.678. The Bertz CT molecular complexity index is 947. The van der Waals surface area contributed by atoms with Crippen LogP contribution in [-0.4, -0.2) is 33.1 Å². The molecule has 1 aliphatic carbocycles. The number of halogens is 1. The van der Waals surface area contributed by atoms with Crippen LogP contribution in [0.1, 0.15) is 38.2 Å². The highest BCUT2D eigenvalue weighted by Gasteiger charge is 2.46. The number of carbonyl (C=O) groups is 2. The summed E-state index contributed by atoms with van der Waals surface area (Å²) in [5, 5.41) is 0. The first-order chi connectivity index (χ1) is 13.6. The highest BCUT2D eigenvalue weighted by Crippen LogP contribution is 2.51. The van der Waals surface area contributed by atoms with Crippen molar-refractivity contribution in [2.45, 2.75) is 32.6 Å². The van der Waals surface area contributed by atoms with E-state index in [0.717, 1.165) is 0 Å². The number of ketones is 1. The molecule has 29 heavy (non-hydrogen) atoms. The van der Waals surface area contributed by atoms with Gasteiger partial charge in [-0.3, -0.25) is 4.79 Å². The number of benzene rings is 1. The Balaban J connectivity index is 2.30. The third kappa shape index (κ3) is 3.73. The molecule has 1 aromatic rings. The summed E-state index contributed by atoms with van der Waals surface area (Å²) in [6, 6.07) is 3.46. The van der Waals surface area contributed by atoms with Crippen molar-refractivity contribution in [3.05, 3.63) is 45.0 Å². The maximum Gasteiger partial charge on any atom is 0.340 e. The Morgan fingerprint density at radius 3 is 2.41 bits per heavy atom. The highest BCUT2D eigenvalue weighted by atomic mass is 79.9. The molecule has 0 aromatic heterocycles. The van der Waals surface area contributed by atoms with Crippen LogP contribution in [0.15, 0.2) is 39.4 Å². The first kappa shape index (κ1) is 21.2. The molecule has 2 N–H and O–H groups in total. The summed E-state index contributed by atoms with van der Waals surface area (Å²) in [5.74, 6) is -0.104. The van der Waals surface area contributed by atoms with Crippen LogP contribution >= 0.6 is 15.9 Å². The van der Waals surface area contributed by atoms with Gasteiger partial charge >= 0.3 is 5.97 Å². The van der Waals surface area contributed by atoms with Crippen molar-refractivity contribution in [1.29, 1.82) is 0 Å². The van der Waals surface area contributed by atoms with E-state index in [9.17, 15) is 9.59 Å². The zero-order chi connectivity index (χ0) is 21.5. The summed E-state index contributed by atoms with van der Waals surface area (Å²) >= 11 is 3.47. The van der Waals surface area contributed by atoms with Crippen LogP contribution in [0.4, 0.5) is 0 Å². The number of hydrogen-bond donors (Lipinski definition) is 1. The minimum atomic E-state index is -0.771. The second-order valence-corrected chi connectivity index (χ2v) is 8.67. The van der Waals surface area contributed by atoms with Crippen molar-refractivity contribution in [3.8, 4) is 11.5 Å². The smallest absolute Gasteiger partial charge is 0.340 e. The lowest BCUT2D eigenvalue weighted by Gasteiger charge is -2.38. The number of hydrogen-bond acceptors (Lipinski definition) is 7. The van der Waals surface area contributed by atoms with E-state index in [0.29, 0.717) is 45.7 Å². The maximum atomic E-state index is 13.2. The van der Waals surface area contributed by atoms with Gasteiger partial charge in [-0.05, 0) is 27.4 Å². The van der Waals surface area contributed by atoms with E-state index in [1.165, 1.54) is 14.2 Å². The van der Waals surface area contributed by atoms with Crippen LogP contribution < -0.4 is 15.2 Å². The molecule has 0 saturated carbocycles. The van der Waals surface area contributed by atoms with Gasteiger partial charge in [0, 0.05) is 30.0 Å². The first-order valence-corrected chi connectivity index (χ1v) is 9.86. The molecule has 1 aliphatic heterocycles. The Labute approximate surface area is 177 Å². The topological polar surface area (TPSA) is 97.1 Å². The molecule has 0 bridgehead atoms. The summed E-state index contributed by atoms with van der Waals surface area (Å²) in [5.41, 5.74) is 6.95. The Hall–Kier alpha value is -2.48. The van der Waals surface area contributed by atoms with Crippen LogP contribution in [0.5, 0.6) is 11.5 Å².